The van der Waals surface area contributed by atoms with Crippen molar-refractivity contribution in [1.29, 1.82) is 0 Å². The molecule has 0 atom stereocenters. The summed E-state index contributed by atoms with van der Waals surface area (Å²) in [5.74, 6) is 0. The molecule has 0 aromatic heterocycles. The largest absolute Gasteiger partial charge is 1.00 e. The van der Waals surface area contributed by atoms with Gasteiger partial charge in [0.2, 0.25) is 0 Å². The van der Waals surface area contributed by atoms with Gasteiger partial charge in [0.15, 0.2) is 0 Å². The lowest BCUT2D eigenvalue weighted by Gasteiger charge is -2.17. The molecule has 3 heteroatoms. The highest BCUT2D eigenvalue weighted by molar-refractivity contribution is 4.88. The molecule has 1 aliphatic heterocycles. The maximum atomic E-state index is 2.34. The Balaban J connectivity index is 0.000001000. The summed E-state index contributed by atoms with van der Waals surface area (Å²) < 4.78 is 0. The summed E-state index contributed by atoms with van der Waals surface area (Å²) in [6.07, 6.45) is 6.87. The van der Waals surface area contributed by atoms with Crippen LogP contribution >= 0.6 is 0 Å². The monoisotopic (exact) mass is 175 g/mol. The first-order valence-corrected chi connectivity index (χ1v) is 3.95. The Bertz CT molecular complexity index is 125. The molecule has 0 saturated heterocycles. The number of hydrogen-bond acceptors (Lipinski definition) is 2. The first kappa shape index (κ1) is 10.6. The predicted molar refractivity (Wildman–Crippen MR) is 43.4 cm³/mol. The number of hydrogen-bond donors (Lipinski definition) is 0. The SMILES string of the molecule is CCCCN1C=CN(C)C1.[Cl-]. The van der Waals surface area contributed by atoms with Crippen LogP contribution in [0.3, 0.4) is 0 Å². The Labute approximate surface area is 75.3 Å². The minimum absolute atomic E-state index is 0. The second kappa shape index (κ2) is 5.30. The van der Waals surface area contributed by atoms with Gasteiger partial charge in [-0.15, -0.1) is 0 Å². The lowest BCUT2D eigenvalue weighted by molar-refractivity contribution is -0.00000223. The lowest BCUT2D eigenvalue weighted by atomic mass is 10.3. The number of halogens is 1. The van der Waals surface area contributed by atoms with E-state index in [0.29, 0.717) is 0 Å². The zero-order chi connectivity index (χ0) is 7.40. The van der Waals surface area contributed by atoms with Gasteiger partial charge >= 0.3 is 0 Å². The fourth-order valence-electron chi connectivity index (χ4n) is 1.10. The van der Waals surface area contributed by atoms with Gasteiger partial charge in [-0.2, -0.15) is 0 Å². The molecule has 1 rings (SSSR count). The first-order valence-electron chi connectivity index (χ1n) is 3.95. The minimum Gasteiger partial charge on any atom is -1.00 e. The Morgan fingerprint density at radius 2 is 2.09 bits per heavy atom. The molecule has 0 bridgehead atoms. The van der Waals surface area contributed by atoms with E-state index in [9.17, 15) is 0 Å². The molecule has 0 saturated carbocycles. The standard InChI is InChI=1S/C8H16N2.ClH/c1-3-4-5-10-7-6-9(2)8-10;/h6-7H,3-5,8H2,1-2H3;1H/p-1. The van der Waals surface area contributed by atoms with Gasteiger partial charge in [0.25, 0.3) is 0 Å². The maximum absolute atomic E-state index is 2.34. The van der Waals surface area contributed by atoms with Gasteiger partial charge in [-0.05, 0) is 6.42 Å². The van der Waals surface area contributed by atoms with Crippen LogP contribution in [0.25, 0.3) is 0 Å². The van der Waals surface area contributed by atoms with E-state index in [2.05, 4.69) is 36.2 Å². The summed E-state index contributed by atoms with van der Waals surface area (Å²) >= 11 is 0. The van der Waals surface area contributed by atoms with E-state index in [-0.39, 0.29) is 12.4 Å². The van der Waals surface area contributed by atoms with Gasteiger partial charge in [-0.25, -0.2) is 0 Å². The van der Waals surface area contributed by atoms with Gasteiger partial charge in [0.05, 0.1) is 6.67 Å². The van der Waals surface area contributed by atoms with Crippen molar-refractivity contribution in [2.45, 2.75) is 19.8 Å². The van der Waals surface area contributed by atoms with Gasteiger partial charge in [0.1, 0.15) is 0 Å². The van der Waals surface area contributed by atoms with Crippen LogP contribution in [0.5, 0.6) is 0 Å². The Hall–Kier alpha value is -0.370. The molecular formula is C8H16ClN2-. The summed E-state index contributed by atoms with van der Waals surface area (Å²) in [5.41, 5.74) is 0. The summed E-state index contributed by atoms with van der Waals surface area (Å²) in [7, 11) is 2.10. The fourth-order valence-corrected chi connectivity index (χ4v) is 1.10. The van der Waals surface area contributed by atoms with E-state index in [0.717, 1.165) is 6.67 Å². The van der Waals surface area contributed by atoms with Crippen molar-refractivity contribution >= 4 is 0 Å². The molecule has 0 radical (unpaired) electrons. The second-order valence-corrected chi connectivity index (χ2v) is 2.86. The van der Waals surface area contributed by atoms with Crippen molar-refractivity contribution in [1.82, 2.24) is 9.80 Å². The van der Waals surface area contributed by atoms with Crippen molar-refractivity contribution in [2.75, 3.05) is 20.3 Å². The highest BCUT2D eigenvalue weighted by Crippen LogP contribution is 2.04. The van der Waals surface area contributed by atoms with Gasteiger partial charge < -0.3 is 22.2 Å². The lowest BCUT2D eigenvalue weighted by Crippen LogP contribution is -3.00. The third-order valence-corrected chi connectivity index (χ3v) is 1.74. The number of rotatable bonds is 3. The molecule has 0 N–H and O–H groups in total. The zero-order valence-electron chi connectivity index (χ0n) is 7.26. The topological polar surface area (TPSA) is 6.48 Å². The van der Waals surface area contributed by atoms with Crippen LogP contribution < -0.4 is 12.4 Å². The van der Waals surface area contributed by atoms with Crippen LogP contribution in [0.15, 0.2) is 12.4 Å². The van der Waals surface area contributed by atoms with Crippen LogP contribution in [-0.2, 0) is 0 Å². The van der Waals surface area contributed by atoms with E-state index < -0.39 is 0 Å². The first-order chi connectivity index (χ1) is 4.83. The molecule has 0 aromatic carbocycles. The minimum atomic E-state index is 0. The summed E-state index contributed by atoms with van der Waals surface area (Å²) in [5, 5.41) is 0. The average Bonchev–Trinajstić information content (AvgIpc) is 2.31. The van der Waals surface area contributed by atoms with Crippen molar-refractivity contribution in [3.63, 3.8) is 0 Å². The van der Waals surface area contributed by atoms with Crippen LogP contribution in [0.2, 0.25) is 0 Å². The zero-order valence-corrected chi connectivity index (χ0v) is 8.01. The van der Waals surface area contributed by atoms with Crippen LogP contribution in [-0.4, -0.2) is 30.1 Å². The van der Waals surface area contributed by atoms with Crippen LogP contribution in [0.4, 0.5) is 0 Å². The fraction of sp³-hybridized carbons (Fsp3) is 0.750. The molecule has 0 aromatic rings. The molecule has 0 spiro atoms. The maximum Gasteiger partial charge on any atom is 0.0890 e. The highest BCUT2D eigenvalue weighted by atomic mass is 35.5. The molecule has 0 aliphatic carbocycles. The molecule has 0 amide bonds. The number of nitrogens with zero attached hydrogens (tertiary/aromatic N) is 2. The molecule has 66 valence electrons. The van der Waals surface area contributed by atoms with E-state index in [1.54, 1.807) is 0 Å². The van der Waals surface area contributed by atoms with Crippen molar-refractivity contribution in [2.24, 2.45) is 0 Å². The second-order valence-electron chi connectivity index (χ2n) is 2.86. The van der Waals surface area contributed by atoms with E-state index >= 15 is 0 Å². The highest BCUT2D eigenvalue weighted by Gasteiger charge is 2.05. The van der Waals surface area contributed by atoms with Gasteiger partial charge in [-0.1, -0.05) is 13.3 Å². The van der Waals surface area contributed by atoms with Crippen LogP contribution in [0, 0.1) is 0 Å². The van der Waals surface area contributed by atoms with E-state index in [1.807, 2.05) is 0 Å². The predicted octanol–water partition coefficient (Wildman–Crippen LogP) is -1.53. The van der Waals surface area contributed by atoms with Gasteiger partial charge in [-0.3, -0.25) is 0 Å². The number of unbranched alkanes of at least 4 members (excludes halogenated alkanes) is 1. The van der Waals surface area contributed by atoms with E-state index in [4.69, 9.17) is 0 Å². The third kappa shape index (κ3) is 3.51. The van der Waals surface area contributed by atoms with Crippen LogP contribution in [0.1, 0.15) is 19.8 Å². The van der Waals surface area contributed by atoms with Crippen molar-refractivity contribution < 1.29 is 12.4 Å². The Kier molecular flexibility index (Phi) is 5.12. The summed E-state index contributed by atoms with van der Waals surface area (Å²) in [6.45, 7) is 4.50. The average molecular weight is 176 g/mol. The normalized spacial score (nSPS) is 15.5. The van der Waals surface area contributed by atoms with Gasteiger partial charge in [0, 0.05) is 26.0 Å². The van der Waals surface area contributed by atoms with Crippen molar-refractivity contribution in [3.8, 4) is 0 Å². The summed E-state index contributed by atoms with van der Waals surface area (Å²) in [6, 6.07) is 0. The molecule has 1 heterocycles. The van der Waals surface area contributed by atoms with E-state index in [1.165, 1.54) is 19.4 Å². The molecular weight excluding hydrogens is 160 g/mol. The third-order valence-electron chi connectivity index (χ3n) is 1.74. The van der Waals surface area contributed by atoms with Crippen molar-refractivity contribution in [3.05, 3.63) is 12.4 Å². The molecule has 0 unspecified atom stereocenters. The molecule has 2 nitrogen and oxygen atoms in total. The molecule has 1 aliphatic rings. The smallest absolute Gasteiger partial charge is 0.0890 e. The Morgan fingerprint density at radius 1 is 1.36 bits per heavy atom. The quantitative estimate of drug-likeness (QED) is 0.514. The molecule has 0 fully saturated rings. The molecule has 11 heavy (non-hydrogen) atoms. The Morgan fingerprint density at radius 3 is 2.55 bits per heavy atom. The summed E-state index contributed by atoms with van der Waals surface area (Å²) in [4.78, 5) is 4.53.